The molecule has 0 aliphatic carbocycles. The van der Waals surface area contributed by atoms with Crippen molar-refractivity contribution in [1.82, 2.24) is 20.6 Å². The van der Waals surface area contributed by atoms with Gasteiger partial charge in [-0.15, -0.1) is 21.5 Å². The van der Waals surface area contributed by atoms with Gasteiger partial charge in [-0.2, -0.15) is 5.21 Å². The lowest BCUT2D eigenvalue weighted by Crippen LogP contribution is -2.11. The highest BCUT2D eigenvalue weighted by atomic mass is 35.5. The van der Waals surface area contributed by atoms with Gasteiger partial charge in [-0.05, 0) is 23.4 Å². The fraction of sp³-hybridized carbons (Fsp3) is 0. The van der Waals surface area contributed by atoms with E-state index in [2.05, 4.69) is 25.3 Å². The molecule has 2 N–H and O–H groups in total. The van der Waals surface area contributed by atoms with Crippen molar-refractivity contribution in [2.75, 3.05) is 4.72 Å². The van der Waals surface area contributed by atoms with Crippen LogP contribution in [-0.4, -0.2) is 29.0 Å². The molecular weight excluding hydrogens is 369 g/mol. The van der Waals surface area contributed by atoms with Crippen LogP contribution in [-0.2, 0) is 10.0 Å². The molecule has 0 spiro atoms. The van der Waals surface area contributed by atoms with E-state index in [0.717, 1.165) is 11.3 Å². The van der Waals surface area contributed by atoms with E-state index >= 15 is 0 Å². The van der Waals surface area contributed by atoms with Crippen molar-refractivity contribution < 1.29 is 8.42 Å². The first-order chi connectivity index (χ1) is 10.5. The summed E-state index contributed by atoms with van der Waals surface area (Å²) in [5.41, 5.74) is 0.985. The molecule has 0 atom stereocenters. The van der Waals surface area contributed by atoms with E-state index < -0.39 is 10.0 Å². The molecule has 0 aliphatic heterocycles. The molecule has 1 aromatic carbocycles. The number of tetrazole rings is 1. The quantitative estimate of drug-likeness (QED) is 0.729. The Morgan fingerprint density at radius 1 is 1.23 bits per heavy atom. The van der Waals surface area contributed by atoms with Crippen molar-refractivity contribution in [3.05, 3.63) is 39.7 Å². The summed E-state index contributed by atoms with van der Waals surface area (Å²) < 4.78 is 27.3. The van der Waals surface area contributed by atoms with Crippen LogP contribution >= 0.6 is 34.5 Å². The lowest BCUT2D eigenvalue weighted by molar-refractivity contribution is 0.603. The van der Waals surface area contributed by atoms with Crippen molar-refractivity contribution in [2.45, 2.75) is 4.21 Å². The van der Waals surface area contributed by atoms with Crippen molar-refractivity contribution in [2.24, 2.45) is 0 Å². The molecule has 0 saturated carbocycles. The Hall–Kier alpha value is -1.68. The van der Waals surface area contributed by atoms with Crippen molar-refractivity contribution in [3.8, 4) is 11.4 Å². The highest BCUT2D eigenvalue weighted by Crippen LogP contribution is 2.35. The highest BCUT2D eigenvalue weighted by Gasteiger charge is 2.19. The van der Waals surface area contributed by atoms with Gasteiger partial charge in [-0.25, -0.2) is 8.42 Å². The summed E-state index contributed by atoms with van der Waals surface area (Å²) in [6.07, 6.45) is 0. The third kappa shape index (κ3) is 3.07. The first-order valence-corrected chi connectivity index (χ1v) is 8.83. The fourth-order valence-corrected chi connectivity index (χ4v) is 4.60. The zero-order valence-corrected chi connectivity index (χ0v) is 13.8. The molecule has 22 heavy (non-hydrogen) atoms. The second-order valence-corrected chi connectivity index (χ2v) is 8.08. The van der Waals surface area contributed by atoms with Gasteiger partial charge in [0, 0.05) is 11.3 Å². The Labute approximate surface area is 139 Å². The Kier molecular flexibility index (Phi) is 4.04. The largest absolute Gasteiger partial charge is 0.279 e. The lowest BCUT2D eigenvalue weighted by Gasteiger charge is -2.06. The number of anilines is 1. The van der Waals surface area contributed by atoms with Crippen LogP contribution in [0.25, 0.3) is 11.4 Å². The third-order valence-corrected chi connectivity index (χ3v) is 6.33. The highest BCUT2D eigenvalue weighted by molar-refractivity contribution is 7.94. The summed E-state index contributed by atoms with van der Waals surface area (Å²) in [6.45, 7) is 0. The Balaban J connectivity index is 1.91. The van der Waals surface area contributed by atoms with Gasteiger partial charge >= 0.3 is 0 Å². The second kappa shape index (κ2) is 5.84. The van der Waals surface area contributed by atoms with E-state index in [9.17, 15) is 8.42 Å². The maximum atomic E-state index is 12.3. The minimum absolute atomic E-state index is 0.0347. The predicted molar refractivity (Wildman–Crippen MR) is 84.8 cm³/mol. The number of aromatic nitrogens is 4. The second-order valence-electron chi connectivity index (χ2n) is 4.11. The summed E-state index contributed by atoms with van der Waals surface area (Å²) >= 11 is 12.5. The Morgan fingerprint density at radius 2 is 2.05 bits per heavy atom. The number of benzene rings is 1. The standard InChI is InChI=1S/C11H7Cl2N5O2S2/c12-8-5-9(21-10(8)13)22(19,20)16-7-3-1-2-6(4-7)11-14-17-18-15-11/h1-5,16H,(H,14,15,17,18). The smallest absolute Gasteiger partial charge is 0.271 e. The zero-order valence-electron chi connectivity index (χ0n) is 10.6. The van der Waals surface area contributed by atoms with Gasteiger partial charge in [0.05, 0.1) is 5.02 Å². The van der Waals surface area contributed by atoms with E-state index in [1.807, 2.05) is 0 Å². The number of rotatable bonds is 4. The first kappa shape index (κ1) is 15.2. The summed E-state index contributed by atoms with van der Waals surface area (Å²) in [7, 11) is -3.77. The molecule has 0 saturated heterocycles. The van der Waals surface area contributed by atoms with Crippen LogP contribution in [0.3, 0.4) is 0 Å². The van der Waals surface area contributed by atoms with Gasteiger partial charge in [0.1, 0.15) is 8.55 Å². The number of halogens is 2. The maximum absolute atomic E-state index is 12.3. The fourth-order valence-electron chi connectivity index (χ4n) is 1.67. The average Bonchev–Trinajstić information content (AvgIpc) is 3.10. The van der Waals surface area contributed by atoms with E-state index in [1.165, 1.54) is 6.07 Å². The summed E-state index contributed by atoms with van der Waals surface area (Å²) in [6, 6.07) is 7.93. The van der Waals surface area contributed by atoms with Crippen LogP contribution in [0.4, 0.5) is 5.69 Å². The van der Waals surface area contributed by atoms with Crippen LogP contribution in [0, 0.1) is 0 Å². The number of thiophene rings is 1. The molecule has 0 amide bonds. The number of sulfonamides is 1. The van der Waals surface area contributed by atoms with Gasteiger partial charge < -0.3 is 0 Å². The van der Waals surface area contributed by atoms with Crippen LogP contribution in [0.1, 0.15) is 0 Å². The minimum Gasteiger partial charge on any atom is -0.279 e. The predicted octanol–water partition coefficient (Wildman–Crippen LogP) is 3.04. The van der Waals surface area contributed by atoms with Gasteiger partial charge in [0.2, 0.25) is 5.82 Å². The third-order valence-electron chi connectivity index (χ3n) is 2.61. The molecular formula is C11H7Cl2N5O2S2. The molecule has 0 unspecified atom stereocenters. The van der Waals surface area contributed by atoms with Gasteiger partial charge in [-0.3, -0.25) is 4.72 Å². The summed E-state index contributed by atoms with van der Waals surface area (Å²) in [5, 5.41) is 13.7. The molecule has 0 aliphatic rings. The van der Waals surface area contributed by atoms with Gasteiger partial charge in [0.25, 0.3) is 10.0 Å². The SMILES string of the molecule is O=S(=O)(Nc1cccc(-c2nn[nH]n2)c1)c1cc(Cl)c(Cl)s1. The van der Waals surface area contributed by atoms with Crippen molar-refractivity contribution in [1.29, 1.82) is 0 Å². The van der Waals surface area contributed by atoms with E-state index in [1.54, 1.807) is 24.3 Å². The Morgan fingerprint density at radius 3 is 2.68 bits per heavy atom. The first-order valence-electron chi connectivity index (χ1n) is 5.77. The van der Waals surface area contributed by atoms with Gasteiger partial charge in [-0.1, -0.05) is 35.3 Å². The topological polar surface area (TPSA) is 101 Å². The molecule has 114 valence electrons. The van der Waals surface area contributed by atoms with Crippen molar-refractivity contribution in [3.63, 3.8) is 0 Å². The van der Waals surface area contributed by atoms with Crippen LogP contribution in [0.5, 0.6) is 0 Å². The summed E-state index contributed by atoms with van der Waals surface area (Å²) in [4.78, 5) is 0. The van der Waals surface area contributed by atoms with Gasteiger partial charge in [0.15, 0.2) is 0 Å². The zero-order chi connectivity index (χ0) is 15.7. The van der Waals surface area contributed by atoms with E-state index in [0.29, 0.717) is 17.1 Å². The van der Waals surface area contributed by atoms with E-state index in [4.69, 9.17) is 23.2 Å². The molecule has 3 rings (SSSR count). The van der Waals surface area contributed by atoms with Crippen molar-refractivity contribution >= 4 is 50.2 Å². The number of hydrogen-bond donors (Lipinski definition) is 2. The molecule has 11 heteroatoms. The number of hydrogen-bond acceptors (Lipinski definition) is 6. The molecule has 2 aromatic heterocycles. The molecule has 0 bridgehead atoms. The summed E-state index contributed by atoms with van der Waals surface area (Å²) in [5.74, 6) is 0.364. The molecule has 3 aromatic rings. The monoisotopic (exact) mass is 375 g/mol. The maximum Gasteiger partial charge on any atom is 0.271 e. The van der Waals surface area contributed by atoms with Crippen LogP contribution in [0.2, 0.25) is 9.36 Å². The van der Waals surface area contributed by atoms with Crippen LogP contribution < -0.4 is 4.72 Å². The number of nitrogens with one attached hydrogen (secondary N) is 2. The minimum atomic E-state index is -3.77. The average molecular weight is 376 g/mol. The number of aromatic amines is 1. The van der Waals surface area contributed by atoms with Crippen LogP contribution in [0.15, 0.2) is 34.5 Å². The number of nitrogens with zero attached hydrogens (tertiary/aromatic N) is 3. The lowest BCUT2D eigenvalue weighted by atomic mass is 10.2. The molecule has 2 heterocycles. The van der Waals surface area contributed by atoms with E-state index in [-0.39, 0.29) is 13.6 Å². The molecule has 7 nitrogen and oxygen atoms in total. The Bertz CT molecular complexity index is 889. The number of H-pyrrole nitrogens is 1. The molecule has 0 radical (unpaired) electrons. The normalized spacial score (nSPS) is 11.5. The molecule has 0 fully saturated rings.